The lowest BCUT2D eigenvalue weighted by atomic mass is 10.5. The van der Waals surface area contributed by atoms with E-state index in [0.29, 0.717) is 0 Å². The molecule has 1 aromatic rings. The number of carbonyl (C=O) groups is 1. The Morgan fingerprint density at radius 1 is 1.37 bits per heavy atom. The molecule has 2 N–H and O–H groups in total. The molecule has 10 heteroatoms. The minimum atomic E-state index is -4.01. The van der Waals surface area contributed by atoms with E-state index in [4.69, 9.17) is 5.11 Å². The summed E-state index contributed by atoms with van der Waals surface area (Å²) in [7, 11) is -7.29. The van der Waals surface area contributed by atoms with Crippen molar-refractivity contribution in [2.45, 2.75) is 11.8 Å². The average Bonchev–Trinajstić information content (AvgIpc) is 2.78. The van der Waals surface area contributed by atoms with Crippen molar-refractivity contribution in [3.63, 3.8) is 0 Å². The molecule has 0 amide bonds. The maximum Gasteiger partial charge on any atom is 0.347 e. The molecule has 7 nitrogen and oxygen atoms in total. The number of sulfonamides is 1. The molecule has 0 fully saturated rings. The van der Waals surface area contributed by atoms with Gasteiger partial charge >= 0.3 is 5.97 Å². The van der Waals surface area contributed by atoms with E-state index in [9.17, 15) is 21.6 Å². The topological polar surface area (TPSA) is 118 Å². The highest BCUT2D eigenvalue weighted by molar-refractivity contribution is 7.91. The lowest BCUT2D eigenvalue weighted by Gasteiger charge is -2.06. The smallest absolute Gasteiger partial charge is 0.347 e. The number of hydrogen-bond acceptors (Lipinski definition) is 6. The molecule has 1 aromatic heterocycles. The Bertz CT molecular complexity index is 658. The fraction of sp³-hybridized carbons (Fsp3) is 0.444. The predicted molar refractivity (Wildman–Crippen MR) is 70.8 cm³/mol. The standard InChI is InChI=1S/C9H13NO6S3/c1-2-18(13,14)6-4-10-19(15,16)7-3-5-17-8(7)9(11)12/h3,5,10H,2,4,6H2,1H3,(H,11,12). The van der Waals surface area contributed by atoms with Crippen LogP contribution in [0.2, 0.25) is 0 Å². The number of hydrogen-bond donors (Lipinski definition) is 2. The minimum Gasteiger partial charge on any atom is -0.477 e. The number of sulfone groups is 1. The van der Waals surface area contributed by atoms with Crippen LogP contribution in [-0.4, -0.2) is 46.0 Å². The maximum atomic E-state index is 11.8. The van der Waals surface area contributed by atoms with E-state index in [1.54, 1.807) is 0 Å². The summed E-state index contributed by atoms with van der Waals surface area (Å²) in [4.78, 5) is 10.2. The third kappa shape index (κ3) is 4.27. The number of aromatic carboxylic acids is 1. The SMILES string of the molecule is CCS(=O)(=O)CCNS(=O)(=O)c1ccsc1C(=O)O. The summed E-state index contributed by atoms with van der Waals surface area (Å²) in [6.45, 7) is 1.18. The van der Waals surface area contributed by atoms with E-state index >= 15 is 0 Å². The Kier molecular flexibility index (Phi) is 5.07. The highest BCUT2D eigenvalue weighted by Gasteiger charge is 2.23. The van der Waals surface area contributed by atoms with Gasteiger partial charge in [-0.3, -0.25) is 0 Å². The van der Waals surface area contributed by atoms with Gasteiger partial charge < -0.3 is 5.11 Å². The van der Waals surface area contributed by atoms with Crippen molar-refractivity contribution in [2.24, 2.45) is 0 Å². The Hall–Kier alpha value is -0.970. The first-order chi connectivity index (χ1) is 8.69. The van der Waals surface area contributed by atoms with Crippen molar-refractivity contribution in [1.82, 2.24) is 4.72 Å². The van der Waals surface area contributed by atoms with Crippen molar-refractivity contribution in [3.8, 4) is 0 Å². The fourth-order valence-corrected chi connectivity index (χ4v) is 4.34. The maximum absolute atomic E-state index is 11.8. The van der Waals surface area contributed by atoms with Gasteiger partial charge in [-0.15, -0.1) is 11.3 Å². The predicted octanol–water partition coefficient (Wildman–Crippen LogP) is 0.159. The number of thiophene rings is 1. The van der Waals surface area contributed by atoms with Crippen LogP contribution in [0.3, 0.4) is 0 Å². The van der Waals surface area contributed by atoms with E-state index in [2.05, 4.69) is 4.72 Å². The molecule has 0 unspecified atom stereocenters. The molecule has 0 aliphatic heterocycles. The van der Waals surface area contributed by atoms with Gasteiger partial charge in [0.1, 0.15) is 9.77 Å². The number of carboxylic acids is 1. The molecular formula is C9H13NO6S3. The van der Waals surface area contributed by atoms with Gasteiger partial charge in [0.25, 0.3) is 0 Å². The Morgan fingerprint density at radius 3 is 2.53 bits per heavy atom. The first kappa shape index (κ1) is 16.1. The first-order valence-electron chi connectivity index (χ1n) is 5.20. The summed E-state index contributed by atoms with van der Waals surface area (Å²) in [5.41, 5.74) is 0. The summed E-state index contributed by atoms with van der Waals surface area (Å²) < 4.78 is 48.2. The van der Waals surface area contributed by atoms with Crippen molar-refractivity contribution >= 4 is 37.2 Å². The van der Waals surface area contributed by atoms with Crippen molar-refractivity contribution in [3.05, 3.63) is 16.3 Å². The third-order valence-electron chi connectivity index (χ3n) is 2.26. The Balaban J connectivity index is 2.83. The molecular weight excluding hydrogens is 314 g/mol. The molecule has 108 valence electrons. The Labute approximate surface area is 115 Å². The Morgan fingerprint density at radius 2 is 2.00 bits per heavy atom. The number of carboxylic acid groups (broad SMARTS) is 1. The number of nitrogens with one attached hydrogen (secondary N) is 1. The van der Waals surface area contributed by atoms with Crippen LogP contribution in [0, 0.1) is 0 Å². The van der Waals surface area contributed by atoms with Crippen LogP contribution >= 0.6 is 11.3 Å². The zero-order chi connectivity index (χ0) is 14.7. The van der Waals surface area contributed by atoms with E-state index in [1.165, 1.54) is 18.4 Å². The van der Waals surface area contributed by atoms with Gasteiger partial charge in [0.05, 0.1) is 5.75 Å². The molecule has 0 atom stereocenters. The monoisotopic (exact) mass is 327 g/mol. The minimum absolute atomic E-state index is 0.0758. The van der Waals surface area contributed by atoms with Gasteiger partial charge in [-0.2, -0.15) is 0 Å². The average molecular weight is 327 g/mol. The largest absolute Gasteiger partial charge is 0.477 e. The molecule has 0 saturated carbocycles. The quantitative estimate of drug-likeness (QED) is 0.736. The van der Waals surface area contributed by atoms with Crippen molar-refractivity contribution in [1.29, 1.82) is 0 Å². The van der Waals surface area contributed by atoms with Gasteiger partial charge in [0.15, 0.2) is 9.84 Å². The van der Waals surface area contributed by atoms with E-state index in [-0.39, 0.29) is 27.8 Å². The summed E-state index contributed by atoms with van der Waals surface area (Å²) in [5.74, 6) is -1.74. The van der Waals surface area contributed by atoms with Crippen LogP contribution in [0.4, 0.5) is 0 Å². The second-order valence-electron chi connectivity index (χ2n) is 3.55. The van der Waals surface area contributed by atoms with Crippen LogP contribution in [0.25, 0.3) is 0 Å². The zero-order valence-corrected chi connectivity index (χ0v) is 12.4. The molecule has 0 aliphatic carbocycles. The van der Waals surface area contributed by atoms with E-state index in [0.717, 1.165) is 11.3 Å². The fourth-order valence-electron chi connectivity index (χ4n) is 1.22. The second-order valence-corrected chi connectivity index (χ2v) is 8.68. The first-order valence-corrected chi connectivity index (χ1v) is 9.39. The van der Waals surface area contributed by atoms with Crippen LogP contribution in [0.1, 0.15) is 16.6 Å². The van der Waals surface area contributed by atoms with Crippen molar-refractivity contribution < 1.29 is 26.7 Å². The normalized spacial score (nSPS) is 12.5. The summed E-state index contributed by atoms with van der Waals surface area (Å²) in [5, 5.41) is 10.2. The van der Waals surface area contributed by atoms with Gasteiger partial charge in [-0.25, -0.2) is 26.4 Å². The molecule has 0 aliphatic rings. The second kappa shape index (κ2) is 5.99. The zero-order valence-electron chi connectivity index (χ0n) is 9.99. The molecule has 1 heterocycles. The van der Waals surface area contributed by atoms with Crippen LogP contribution in [0.15, 0.2) is 16.3 Å². The summed E-state index contributed by atoms with van der Waals surface area (Å²) in [6.07, 6.45) is 0. The molecule has 0 bridgehead atoms. The van der Waals surface area contributed by atoms with Crippen molar-refractivity contribution in [2.75, 3.05) is 18.1 Å². The molecule has 0 saturated heterocycles. The molecule has 0 aromatic carbocycles. The van der Waals surface area contributed by atoms with Gasteiger partial charge in [-0.1, -0.05) is 6.92 Å². The van der Waals surface area contributed by atoms with E-state index < -0.39 is 25.8 Å². The molecule has 0 spiro atoms. The molecule has 1 rings (SSSR count). The highest BCUT2D eigenvalue weighted by Crippen LogP contribution is 2.21. The summed E-state index contributed by atoms with van der Waals surface area (Å²) in [6, 6.07) is 1.17. The van der Waals surface area contributed by atoms with Gasteiger partial charge in [0, 0.05) is 12.3 Å². The van der Waals surface area contributed by atoms with Gasteiger partial charge in [0.2, 0.25) is 10.0 Å². The summed E-state index contributed by atoms with van der Waals surface area (Å²) >= 11 is 0.791. The van der Waals surface area contributed by atoms with Crippen LogP contribution in [0.5, 0.6) is 0 Å². The van der Waals surface area contributed by atoms with Crippen LogP contribution in [-0.2, 0) is 19.9 Å². The lowest BCUT2D eigenvalue weighted by molar-refractivity contribution is 0.0698. The van der Waals surface area contributed by atoms with Gasteiger partial charge in [-0.05, 0) is 11.4 Å². The third-order valence-corrected chi connectivity index (χ3v) is 6.50. The van der Waals surface area contributed by atoms with E-state index in [1.807, 2.05) is 0 Å². The molecule has 19 heavy (non-hydrogen) atoms. The lowest BCUT2D eigenvalue weighted by Crippen LogP contribution is -2.30. The van der Waals surface area contributed by atoms with Crippen LogP contribution < -0.4 is 4.72 Å². The highest BCUT2D eigenvalue weighted by atomic mass is 32.2. The molecule has 0 radical (unpaired) electrons. The number of rotatable bonds is 7.